The van der Waals surface area contributed by atoms with E-state index in [0.29, 0.717) is 11.3 Å². The summed E-state index contributed by atoms with van der Waals surface area (Å²) < 4.78 is 0. The number of rotatable bonds is 3. The average molecular weight is 131 g/mol. The molecule has 1 N–H and O–H groups in total. The van der Waals surface area contributed by atoms with Crippen molar-refractivity contribution < 1.29 is 0 Å². The summed E-state index contributed by atoms with van der Waals surface area (Å²) in [5.74, 6) is 0. The third-order valence-electron chi connectivity index (χ3n) is 1.10. The summed E-state index contributed by atoms with van der Waals surface area (Å²) in [5, 5.41) is 3.41. The Balaban J connectivity index is 3.30. The van der Waals surface area contributed by atoms with Gasteiger partial charge in [0.05, 0.1) is 0 Å². The predicted octanol–water partition coefficient (Wildman–Crippen LogP) is 1.43. The quantitative estimate of drug-likeness (QED) is 0.552. The SMILES string of the molecule is C=CNC(C)C(C)S. The van der Waals surface area contributed by atoms with Gasteiger partial charge in [-0.3, -0.25) is 0 Å². The number of hydrogen-bond donors (Lipinski definition) is 2. The first kappa shape index (κ1) is 7.89. The Kier molecular flexibility index (Phi) is 3.79. The maximum absolute atomic E-state index is 4.22. The van der Waals surface area contributed by atoms with E-state index in [2.05, 4.69) is 31.4 Å². The van der Waals surface area contributed by atoms with Crippen LogP contribution in [0.25, 0.3) is 0 Å². The van der Waals surface area contributed by atoms with Gasteiger partial charge in [0.1, 0.15) is 0 Å². The summed E-state index contributed by atoms with van der Waals surface area (Å²) >= 11 is 4.22. The van der Waals surface area contributed by atoms with E-state index in [1.165, 1.54) is 0 Å². The first-order chi connectivity index (χ1) is 3.68. The zero-order valence-electron chi connectivity index (χ0n) is 5.39. The Bertz CT molecular complexity index is 70.9. The molecule has 0 aromatic carbocycles. The molecular formula is C6H13NS. The van der Waals surface area contributed by atoms with Crippen LogP contribution < -0.4 is 5.32 Å². The normalized spacial score (nSPS) is 16.9. The van der Waals surface area contributed by atoms with Crippen molar-refractivity contribution in [2.75, 3.05) is 0 Å². The molecule has 1 nitrogen and oxygen atoms in total. The average Bonchev–Trinajstić information content (AvgIpc) is 1.67. The summed E-state index contributed by atoms with van der Waals surface area (Å²) in [4.78, 5) is 0. The van der Waals surface area contributed by atoms with Crippen molar-refractivity contribution >= 4 is 12.6 Å². The highest BCUT2D eigenvalue weighted by Crippen LogP contribution is 1.98. The van der Waals surface area contributed by atoms with Crippen LogP contribution in [0.4, 0.5) is 0 Å². The van der Waals surface area contributed by atoms with Crippen molar-refractivity contribution in [2.45, 2.75) is 25.1 Å². The van der Waals surface area contributed by atoms with Crippen LogP contribution in [-0.4, -0.2) is 11.3 Å². The number of hydrogen-bond acceptors (Lipinski definition) is 2. The Morgan fingerprint density at radius 3 is 2.25 bits per heavy atom. The van der Waals surface area contributed by atoms with Gasteiger partial charge < -0.3 is 5.32 Å². The molecule has 0 aliphatic heterocycles. The van der Waals surface area contributed by atoms with Crippen LogP contribution >= 0.6 is 12.6 Å². The summed E-state index contributed by atoms with van der Waals surface area (Å²) in [6.07, 6.45) is 1.69. The Morgan fingerprint density at radius 1 is 1.62 bits per heavy atom. The second-order valence-electron chi connectivity index (χ2n) is 1.90. The van der Waals surface area contributed by atoms with Crippen LogP contribution in [0.1, 0.15) is 13.8 Å². The maximum atomic E-state index is 4.22. The van der Waals surface area contributed by atoms with E-state index >= 15 is 0 Å². The van der Waals surface area contributed by atoms with Crippen LogP contribution in [0.15, 0.2) is 12.8 Å². The van der Waals surface area contributed by atoms with Crippen molar-refractivity contribution in [1.29, 1.82) is 0 Å². The van der Waals surface area contributed by atoms with Gasteiger partial charge in [0, 0.05) is 11.3 Å². The third kappa shape index (κ3) is 2.97. The largest absolute Gasteiger partial charge is 0.388 e. The smallest absolute Gasteiger partial charge is 0.0340 e. The molecule has 0 saturated carbocycles. The minimum absolute atomic E-state index is 0.382. The Labute approximate surface area is 56.6 Å². The predicted molar refractivity (Wildman–Crippen MR) is 41.2 cm³/mol. The van der Waals surface area contributed by atoms with E-state index in [4.69, 9.17) is 0 Å². The van der Waals surface area contributed by atoms with Gasteiger partial charge in [0.25, 0.3) is 0 Å². The lowest BCUT2D eigenvalue weighted by atomic mass is 10.2. The maximum Gasteiger partial charge on any atom is 0.0340 e. The first-order valence-corrected chi connectivity index (χ1v) is 3.25. The second kappa shape index (κ2) is 3.84. The van der Waals surface area contributed by atoms with Crippen LogP contribution in [0.3, 0.4) is 0 Å². The fraction of sp³-hybridized carbons (Fsp3) is 0.667. The molecule has 0 aliphatic rings. The lowest BCUT2D eigenvalue weighted by molar-refractivity contribution is 0.636. The Hall–Kier alpha value is -0.110. The highest BCUT2D eigenvalue weighted by atomic mass is 32.1. The summed E-state index contributed by atoms with van der Waals surface area (Å²) in [7, 11) is 0. The molecule has 0 radical (unpaired) electrons. The molecule has 0 aromatic rings. The molecule has 0 fully saturated rings. The van der Waals surface area contributed by atoms with E-state index < -0.39 is 0 Å². The van der Waals surface area contributed by atoms with Crippen LogP contribution in [0.5, 0.6) is 0 Å². The van der Waals surface area contributed by atoms with Gasteiger partial charge in [-0.15, -0.1) is 0 Å². The van der Waals surface area contributed by atoms with Crippen molar-refractivity contribution in [2.24, 2.45) is 0 Å². The number of thiol groups is 1. The lowest BCUT2D eigenvalue weighted by Crippen LogP contribution is -2.27. The molecule has 2 unspecified atom stereocenters. The van der Waals surface area contributed by atoms with Gasteiger partial charge in [-0.25, -0.2) is 0 Å². The molecule has 0 aromatic heterocycles. The van der Waals surface area contributed by atoms with Crippen molar-refractivity contribution in [3.05, 3.63) is 12.8 Å². The first-order valence-electron chi connectivity index (χ1n) is 2.73. The molecule has 8 heavy (non-hydrogen) atoms. The summed E-state index contributed by atoms with van der Waals surface area (Å²) in [6.45, 7) is 7.65. The fourth-order valence-corrected chi connectivity index (χ4v) is 0.411. The fourth-order valence-electron chi connectivity index (χ4n) is 0.325. The van der Waals surface area contributed by atoms with E-state index in [0.717, 1.165) is 0 Å². The lowest BCUT2D eigenvalue weighted by Gasteiger charge is -2.13. The van der Waals surface area contributed by atoms with Gasteiger partial charge in [0.15, 0.2) is 0 Å². The van der Waals surface area contributed by atoms with Crippen molar-refractivity contribution in [3.63, 3.8) is 0 Å². The monoisotopic (exact) mass is 131 g/mol. The van der Waals surface area contributed by atoms with Crippen LogP contribution in [0, 0.1) is 0 Å². The third-order valence-corrected chi connectivity index (χ3v) is 1.55. The molecule has 48 valence electrons. The summed E-state index contributed by atoms with van der Waals surface area (Å²) in [5.41, 5.74) is 0. The topological polar surface area (TPSA) is 12.0 Å². The zero-order valence-corrected chi connectivity index (χ0v) is 6.28. The van der Waals surface area contributed by atoms with Gasteiger partial charge >= 0.3 is 0 Å². The van der Waals surface area contributed by atoms with E-state index in [1.54, 1.807) is 6.20 Å². The van der Waals surface area contributed by atoms with Gasteiger partial charge in [-0.2, -0.15) is 12.6 Å². The van der Waals surface area contributed by atoms with E-state index in [9.17, 15) is 0 Å². The Morgan fingerprint density at radius 2 is 2.12 bits per heavy atom. The molecule has 0 bridgehead atoms. The molecule has 0 spiro atoms. The van der Waals surface area contributed by atoms with Gasteiger partial charge in [-0.05, 0) is 13.1 Å². The molecular weight excluding hydrogens is 118 g/mol. The molecule has 0 amide bonds. The summed E-state index contributed by atoms with van der Waals surface area (Å²) in [6, 6.07) is 0.413. The minimum atomic E-state index is 0.382. The van der Waals surface area contributed by atoms with E-state index in [1.807, 2.05) is 6.92 Å². The highest BCUT2D eigenvalue weighted by Gasteiger charge is 2.02. The number of nitrogens with one attached hydrogen (secondary N) is 1. The van der Waals surface area contributed by atoms with Crippen molar-refractivity contribution in [1.82, 2.24) is 5.32 Å². The highest BCUT2D eigenvalue weighted by molar-refractivity contribution is 7.81. The molecule has 0 saturated heterocycles. The molecule has 0 aliphatic carbocycles. The van der Waals surface area contributed by atoms with Crippen LogP contribution in [-0.2, 0) is 0 Å². The second-order valence-corrected chi connectivity index (χ2v) is 2.71. The molecule has 0 rings (SSSR count). The van der Waals surface area contributed by atoms with Crippen molar-refractivity contribution in [3.8, 4) is 0 Å². The van der Waals surface area contributed by atoms with E-state index in [-0.39, 0.29) is 0 Å². The van der Waals surface area contributed by atoms with Gasteiger partial charge in [0.2, 0.25) is 0 Å². The van der Waals surface area contributed by atoms with Crippen LogP contribution in [0.2, 0.25) is 0 Å². The molecule has 2 atom stereocenters. The van der Waals surface area contributed by atoms with Gasteiger partial charge in [-0.1, -0.05) is 13.5 Å². The minimum Gasteiger partial charge on any atom is -0.388 e. The zero-order chi connectivity index (χ0) is 6.57. The molecule has 0 heterocycles. The molecule has 2 heteroatoms. The standard InChI is InChI=1S/C6H13NS/c1-4-7-5(2)6(3)8/h4-8H,1H2,2-3H3.